The fourth-order valence-corrected chi connectivity index (χ4v) is 2.23. The second-order valence-electron chi connectivity index (χ2n) is 4.20. The summed E-state index contributed by atoms with van der Waals surface area (Å²) in [6, 6.07) is 2.41. The number of rotatable bonds is 4. The molecule has 1 saturated carbocycles. The molecule has 88 valence electrons. The van der Waals surface area contributed by atoms with Crippen LogP contribution < -0.4 is 5.32 Å². The van der Waals surface area contributed by atoms with E-state index in [0.717, 1.165) is 30.8 Å². The summed E-state index contributed by atoms with van der Waals surface area (Å²) in [5.41, 5.74) is 1.07. The number of methoxy groups -OCH3 is 1. The first-order valence-corrected chi connectivity index (χ1v) is 5.93. The van der Waals surface area contributed by atoms with Gasteiger partial charge < -0.3 is 10.1 Å². The predicted molar refractivity (Wildman–Crippen MR) is 63.5 cm³/mol. The van der Waals surface area contributed by atoms with Gasteiger partial charge in [-0.05, 0) is 25.7 Å². The van der Waals surface area contributed by atoms with Gasteiger partial charge in [0.15, 0.2) is 0 Å². The van der Waals surface area contributed by atoms with E-state index >= 15 is 0 Å². The third kappa shape index (κ3) is 2.50. The molecule has 0 bridgehead atoms. The van der Waals surface area contributed by atoms with E-state index in [4.69, 9.17) is 4.74 Å². The molecule has 16 heavy (non-hydrogen) atoms. The molecule has 0 amide bonds. The topological polar surface area (TPSA) is 47.0 Å². The second-order valence-corrected chi connectivity index (χ2v) is 4.20. The molecule has 0 spiro atoms. The van der Waals surface area contributed by atoms with Crippen LogP contribution in [-0.2, 0) is 11.2 Å². The Bertz CT molecular complexity index is 343. The molecule has 2 rings (SSSR count). The van der Waals surface area contributed by atoms with Crippen LogP contribution in [0.3, 0.4) is 0 Å². The second kappa shape index (κ2) is 5.25. The maximum Gasteiger partial charge on any atom is 0.129 e. The highest BCUT2D eigenvalue weighted by Gasteiger charge is 2.27. The number of aryl methyl sites for hydroxylation is 1. The normalized spacial score (nSPS) is 24.6. The first-order valence-electron chi connectivity index (χ1n) is 5.93. The molecule has 1 aromatic heterocycles. The van der Waals surface area contributed by atoms with Crippen molar-refractivity contribution in [3.8, 4) is 0 Å². The van der Waals surface area contributed by atoms with Gasteiger partial charge in [0.05, 0.1) is 12.1 Å². The molecule has 4 nitrogen and oxygen atoms in total. The Morgan fingerprint density at radius 2 is 2.31 bits per heavy atom. The summed E-state index contributed by atoms with van der Waals surface area (Å²) >= 11 is 0. The molecule has 0 saturated heterocycles. The van der Waals surface area contributed by atoms with Crippen molar-refractivity contribution in [2.45, 2.75) is 44.8 Å². The van der Waals surface area contributed by atoms with Gasteiger partial charge in [0.2, 0.25) is 0 Å². The zero-order valence-electron chi connectivity index (χ0n) is 9.94. The molecule has 1 N–H and O–H groups in total. The third-order valence-corrected chi connectivity index (χ3v) is 3.17. The van der Waals surface area contributed by atoms with Gasteiger partial charge in [0.25, 0.3) is 0 Å². The first kappa shape index (κ1) is 11.3. The van der Waals surface area contributed by atoms with Gasteiger partial charge in [-0.15, -0.1) is 0 Å². The number of anilines is 1. The summed E-state index contributed by atoms with van der Waals surface area (Å²) in [6.45, 7) is 2.10. The molecule has 0 radical (unpaired) electrons. The summed E-state index contributed by atoms with van der Waals surface area (Å²) in [5, 5.41) is 3.44. The van der Waals surface area contributed by atoms with Crippen LogP contribution >= 0.6 is 0 Å². The Balaban J connectivity index is 2.02. The van der Waals surface area contributed by atoms with E-state index in [0.29, 0.717) is 12.1 Å². The van der Waals surface area contributed by atoms with Gasteiger partial charge in [-0.2, -0.15) is 0 Å². The molecule has 1 fully saturated rings. The summed E-state index contributed by atoms with van der Waals surface area (Å²) in [4.78, 5) is 8.43. The number of ether oxygens (including phenoxy) is 1. The van der Waals surface area contributed by atoms with Crippen molar-refractivity contribution in [1.82, 2.24) is 9.97 Å². The minimum absolute atomic E-state index is 0.319. The fourth-order valence-electron chi connectivity index (χ4n) is 2.23. The molecule has 1 aromatic rings. The zero-order chi connectivity index (χ0) is 11.4. The van der Waals surface area contributed by atoms with Crippen molar-refractivity contribution >= 4 is 5.82 Å². The number of hydrogen-bond donors (Lipinski definition) is 1. The molecule has 1 heterocycles. The Morgan fingerprint density at radius 1 is 1.44 bits per heavy atom. The standard InChI is InChI=1S/C12H19N3O/c1-3-9-7-12(14-8-13-9)15-10-5-4-6-11(10)16-2/h7-8,10-11H,3-6H2,1-2H3,(H,13,14,15). The predicted octanol–water partition coefficient (Wildman–Crippen LogP) is 2.02. The van der Waals surface area contributed by atoms with Crippen LogP contribution in [0.2, 0.25) is 0 Å². The van der Waals surface area contributed by atoms with Crippen molar-refractivity contribution in [1.29, 1.82) is 0 Å². The lowest BCUT2D eigenvalue weighted by atomic mass is 10.2. The van der Waals surface area contributed by atoms with E-state index in [2.05, 4.69) is 22.2 Å². The molecule has 0 aliphatic heterocycles. The van der Waals surface area contributed by atoms with E-state index < -0.39 is 0 Å². The van der Waals surface area contributed by atoms with Crippen LogP contribution in [0, 0.1) is 0 Å². The lowest BCUT2D eigenvalue weighted by Crippen LogP contribution is -2.30. The van der Waals surface area contributed by atoms with Gasteiger partial charge >= 0.3 is 0 Å². The van der Waals surface area contributed by atoms with E-state index in [1.54, 1.807) is 13.4 Å². The van der Waals surface area contributed by atoms with Crippen molar-refractivity contribution in [2.24, 2.45) is 0 Å². The number of nitrogens with zero attached hydrogens (tertiary/aromatic N) is 2. The van der Waals surface area contributed by atoms with Gasteiger partial charge in [-0.1, -0.05) is 6.92 Å². The average Bonchev–Trinajstić information content (AvgIpc) is 2.76. The Kier molecular flexibility index (Phi) is 3.72. The van der Waals surface area contributed by atoms with Crippen molar-refractivity contribution in [3.63, 3.8) is 0 Å². The van der Waals surface area contributed by atoms with Crippen LogP contribution in [0.15, 0.2) is 12.4 Å². The van der Waals surface area contributed by atoms with E-state index in [9.17, 15) is 0 Å². The first-order chi connectivity index (χ1) is 7.83. The highest BCUT2D eigenvalue weighted by atomic mass is 16.5. The molecule has 2 atom stereocenters. The summed E-state index contributed by atoms with van der Waals surface area (Å²) < 4.78 is 5.45. The largest absolute Gasteiger partial charge is 0.379 e. The summed E-state index contributed by atoms with van der Waals surface area (Å²) in [7, 11) is 1.78. The lowest BCUT2D eigenvalue weighted by molar-refractivity contribution is 0.101. The van der Waals surface area contributed by atoms with Crippen molar-refractivity contribution in [2.75, 3.05) is 12.4 Å². The Labute approximate surface area is 96.4 Å². The van der Waals surface area contributed by atoms with Crippen LogP contribution in [0.4, 0.5) is 5.82 Å². The average molecular weight is 221 g/mol. The molecular formula is C12H19N3O. The van der Waals surface area contributed by atoms with Gasteiger partial charge in [0.1, 0.15) is 12.1 Å². The number of hydrogen-bond acceptors (Lipinski definition) is 4. The fraction of sp³-hybridized carbons (Fsp3) is 0.667. The molecule has 4 heteroatoms. The van der Waals surface area contributed by atoms with Crippen molar-refractivity contribution in [3.05, 3.63) is 18.1 Å². The Morgan fingerprint density at radius 3 is 3.06 bits per heavy atom. The SMILES string of the molecule is CCc1cc(NC2CCCC2OC)ncn1. The zero-order valence-corrected chi connectivity index (χ0v) is 9.94. The molecular weight excluding hydrogens is 202 g/mol. The van der Waals surface area contributed by atoms with Crippen LogP contribution in [0.1, 0.15) is 31.9 Å². The summed E-state index contributed by atoms with van der Waals surface area (Å²) in [5.74, 6) is 0.917. The third-order valence-electron chi connectivity index (χ3n) is 3.17. The number of nitrogens with one attached hydrogen (secondary N) is 1. The van der Waals surface area contributed by atoms with Gasteiger partial charge in [-0.3, -0.25) is 0 Å². The maximum atomic E-state index is 5.45. The van der Waals surface area contributed by atoms with Crippen molar-refractivity contribution < 1.29 is 4.74 Å². The minimum atomic E-state index is 0.319. The Hall–Kier alpha value is -1.16. The van der Waals surface area contributed by atoms with Crippen LogP contribution in [0.5, 0.6) is 0 Å². The van der Waals surface area contributed by atoms with E-state index in [1.165, 1.54) is 6.42 Å². The monoisotopic (exact) mass is 221 g/mol. The maximum absolute atomic E-state index is 5.45. The van der Waals surface area contributed by atoms with Gasteiger partial charge in [0, 0.05) is 18.9 Å². The molecule has 1 aliphatic rings. The highest BCUT2D eigenvalue weighted by Crippen LogP contribution is 2.24. The molecule has 1 aliphatic carbocycles. The number of aromatic nitrogens is 2. The van der Waals surface area contributed by atoms with Crippen LogP contribution in [-0.4, -0.2) is 29.2 Å². The van der Waals surface area contributed by atoms with Gasteiger partial charge in [-0.25, -0.2) is 9.97 Å². The molecule has 2 unspecified atom stereocenters. The van der Waals surface area contributed by atoms with Crippen LogP contribution in [0.25, 0.3) is 0 Å². The van der Waals surface area contributed by atoms with E-state index in [-0.39, 0.29) is 0 Å². The minimum Gasteiger partial charge on any atom is -0.379 e. The lowest BCUT2D eigenvalue weighted by Gasteiger charge is -2.20. The highest BCUT2D eigenvalue weighted by molar-refractivity contribution is 5.36. The van der Waals surface area contributed by atoms with E-state index in [1.807, 2.05) is 6.07 Å². The summed E-state index contributed by atoms with van der Waals surface area (Å²) in [6.07, 6.45) is 6.40. The quantitative estimate of drug-likeness (QED) is 0.845. The smallest absolute Gasteiger partial charge is 0.129 e. The molecule has 0 aromatic carbocycles.